The Morgan fingerprint density at radius 1 is 1.29 bits per heavy atom. The lowest BCUT2D eigenvalue weighted by Crippen LogP contribution is -2.53. The summed E-state index contributed by atoms with van der Waals surface area (Å²) in [7, 11) is 1.88. The van der Waals surface area contributed by atoms with Gasteiger partial charge in [0.15, 0.2) is 0 Å². The summed E-state index contributed by atoms with van der Waals surface area (Å²) in [6.07, 6.45) is 9.50. The highest BCUT2D eigenvalue weighted by molar-refractivity contribution is 5.85. The second-order valence-corrected chi connectivity index (χ2v) is 7.45. The summed E-state index contributed by atoms with van der Waals surface area (Å²) in [6, 6.07) is 1.25. The van der Waals surface area contributed by atoms with Gasteiger partial charge in [-0.25, -0.2) is 0 Å². The first kappa shape index (κ1) is 16.8. The Balaban J connectivity index is 2.05. The average molecular weight is 295 g/mol. The zero-order valence-electron chi connectivity index (χ0n) is 14.0. The molecule has 0 aromatic rings. The molecule has 2 atom stereocenters. The van der Waals surface area contributed by atoms with Crippen molar-refractivity contribution in [1.82, 2.24) is 10.2 Å². The van der Waals surface area contributed by atoms with Gasteiger partial charge in [-0.05, 0) is 58.0 Å². The number of rotatable bonds is 7. The predicted molar refractivity (Wildman–Crippen MR) is 87.0 cm³/mol. The molecule has 1 amide bonds. The van der Waals surface area contributed by atoms with Crippen LogP contribution >= 0.6 is 0 Å². The number of nitrogens with zero attached hydrogens (tertiary/aromatic N) is 1. The maximum Gasteiger partial charge on any atom is 0.237 e. The third kappa shape index (κ3) is 3.78. The van der Waals surface area contributed by atoms with Gasteiger partial charge in [0, 0.05) is 12.1 Å². The average Bonchev–Trinajstić information content (AvgIpc) is 3.08. The zero-order chi connectivity index (χ0) is 15.5. The highest BCUT2D eigenvalue weighted by Gasteiger charge is 2.45. The fourth-order valence-electron chi connectivity index (χ4n) is 4.18. The van der Waals surface area contributed by atoms with Crippen molar-refractivity contribution in [2.45, 2.75) is 82.8 Å². The third-order valence-electron chi connectivity index (χ3n) is 5.67. The summed E-state index contributed by atoms with van der Waals surface area (Å²) >= 11 is 0. The molecule has 0 saturated heterocycles. The number of primary amides is 1. The second-order valence-electron chi connectivity index (χ2n) is 7.45. The van der Waals surface area contributed by atoms with Gasteiger partial charge in [-0.1, -0.05) is 26.7 Å². The summed E-state index contributed by atoms with van der Waals surface area (Å²) in [5.41, 5.74) is 5.19. The van der Waals surface area contributed by atoms with E-state index in [1.165, 1.54) is 38.6 Å². The van der Waals surface area contributed by atoms with E-state index in [1.54, 1.807) is 0 Å². The minimum atomic E-state index is -0.473. The standard InChI is InChI=1S/C17H33N3O/c1-13(2)9-11-20(14-6-4-5-7-14)15-8-10-17(12-15,19-3)16(18)21/h13-15,19H,4-12H2,1-3H3,(H2,18,21). The molecule has 122 valence electrons. The number of hydrogen-bond acceptors (Lipinski definition) is 3. The van der Waals surface area contributed by atoms with Crippen molar-refractivity contribution < 1.29 is 4.79 Å². The fraction of sp³-hybridized carbons (Fsp3) is 0.941. The highest BCUT2D eigenvalue weighted by atomic mass is 16.1. The summed E-state index contributed by atoms with van der Waals surface area (Å²) < 4.78 is 0. The van der Waals surface area contributed by atoms with E-state index in [4.69, 9.17) is 5.73 Å². The highest BCUT2D eigenvalue weighted by Crippen LogP contribution is 2.36. The largest absolute Gasteiger partial charge is 0.368 e. The number of carbonyl (C=O) groups excluding carboxylic acids is 1. The molecule has 2 rings (SSSR count). The first-order chi connectivity index (χ1) is 9.98. The zero-order valence-corrected chi connectivity index (χ0v) is 14.0. The molecule has 0 aliphatic heterocycles. The molecule has 2 aliphatic carbocycles. The molecule has 0 spiro atoms. The van der Waals surface area contributed by atoms with Crippen LogP contribution in [0.2, 0.25) is 0 Å². The Hall–Kier alpha value is -0.610. The van der Waals surface area contributed by atoms with E-state index in [2.05, 4.69) is 24.1 Å². The number of likely N-dealkylation sites (N-methyl/N-ethyl adjacent to an activating group) is 1. The molecular formula is C17H33N3O. The number of hydrogen-bond donors (Lipinski definition) is 2. The molecule has 2 saturated carbocycles. The van der Waals surface area contributed by atoms with Gasteiger partial charge in [0.25, 0.3) is 0 Å². The first-order valence-electron chi connectivity index (χ1n) is 8.73. The Kier molecular flexibility index (Phi) is 5.67. The molecule has 4 nitrogen and oxygen atoms in total. The van der Waals surface area contributed by atoms with Crippen LogP contribution in [0.5, 0.6) is 0 Å². The Morgan fingerprint density at radius 2 is 1.95 bits per heavy atom. The van der Waals surface area contributed by atoms with Gasteiger partial charge in [-0.15, -0.1) is 0 Å². The molecule has 0 heterocycles. The minimum Gasteiger partial charge on any atom is -0.368 e. The van der Waals surface area contributed by atoms with Gasteiger partial charge in [0.05, 0.1) is 5.54 Å². The lowest BCUT2D eigenvalue weighted by Gasteiger charge is -2.36. The molecule has 4 heteroatoms. The van der Waals surface area contributed by atoms with Crippen molar-refractivity contribution >= 4 is 5.91 Å². The van der Waals surface area contributed by atoms with E-state index in [0.717, 1.165) is 31.2 Å². The molecule has 2 fully saturated rings. The quantitative estimate of drug-likeness (QED) is 0.757. The van der Waals surface area contributed by atoms with Crippen LogP contribution in [0.3, 0.4) is 0 Å². The van der Waals surface area contributed by atoms with Gasteiger partial charge in [0.1, 0.15) is 0 Å². The van der Waals surface area contributed by atoms with Gasteiger partial charge < -0.3 is 11.1 Å². The first-order valence-corrected chi connectivity index (χ1v) is 8.73. The van der Waals surface area contributed by atoms with Crippen LogP contribution in [0.4, 0.5) is 0 Å². The van der Waals surface area contributed by atoms with E-state index in [1.807, 2.05) is 7.05 Å². The number of carbonyl (C=O) groups is 1. The predicted octanol–water partition coefficient (Wildman–Crippen LogP) is 2.27. The summed E-state index contributed by atoms with van der Waals surface area (Å²) in [5.74, 6) is 0.559. The van der Waals surface area contributed by atoms with Crippen LogP contribution in [-0.2, 0) is 4.79 Å². The normalized spacial score (nSPS) is 30.6. The van der Waals surface area contributed by atoms with Crippen LogP contribution in [0.25, 0.3) is 0 Å². The molecular weight excluding hydrogens is 262 g/mol. The molecule has 0 bridgehead atoms. The molecule has 21 heavy (non-hydrogen) atoms. The maximum absolute atomic E-state index is 11.9. The summed E-state index contributed by atoms with van der Waals surface area (Å²) in [6.45, 7) is 5.76. The summed E-state index contributed by atoms with van der Waals surface area (Å²) in [5, 5.41) is 3.22. The van der Waals surface area contributed by atoms with E-state index in [-0.39, 0.29) is 5.91 Å². The van der Waals surface area contributed by atoms with E-state index >= 15 is 0 Å². The monoisotopic (exact) mass is 295 g/mol. The van der Waals surface area contributed by atoms with E-state index in [9.17, 15) is 4.79 Å². The van der Waals surface area contributed by atoms with Crippen molar-refractivity contribution in [2.24, 2.45) is 11.7 Å². The van der Waals surface area contributed by atoms with Gasteiger partial charge in [-0.2, -0.15) is 0 Å². The summed E-state index contributed by atoms with van der Waals surface area (Å²) in [4.78, 5) is 14.6. The van der Waals surface area contributed by atoms with E-state index < -0.39 is 5.54 Å². The molecule has 2 aliphatic rings. The Bertz CT molecular complexity index is 352. The number of nitrogens with one attached hydrogen (secondary N) is 1. The Morgan fingerprint density at radius 3 is 2.43 bits per heavy atom. The van der Waals surface area contributed by atoms with Gasteiger partial charge >= 0.3 is 0 Å². The van der Waals surface area contributed by atoms with Crippen molar-refractivity contribution in [3.8, 4) is 0 Å². The van der Waals surface area contributed by atoms with Crippen molar-refractivity contribution in [3.63, 3.8) is 0 Å². The van der Waals surface area contributed by atoms with Crippen molar-refractivity contribution in [2.75, 3.05) is 13.6 Å². The fourth-order valence-corrected chi connectivity index (χ4v) is 4.18. The molecule has 0 aromatic heterocycles. The number of nitrogens with two attached hydrogens (primary N) is 1. The molecule has 0 aromatic carbocycles. The van der Waals surface area contributed by atoms with Crippen LogP contribution in [0.1, 0.15) is 65.2 Å². The lowest BCUT2D eigenvalue weighted by molar-refractivity contribution is -0.124. The lowest BCUT2D eigenvalue weighted by atomic mass is 9.96. The van der Waals surface area contributed by atoms with Crippen LogP contribution < -0.4 is 11.1 Å². The van der Waals surface area contributed by atoms with E-state index in [0.29, 0.717) is 6.04 Å². The number of amides is 1. The minimum absolute atomic E-state index is 0.178. The third-order valence-corrected chi connectivity index (χ3v) is 5.67. The van der Waals surface area contributed by atoms with Crippen LogP contribution in [-0.4, -0.2) is 42.0 Å². The molecule has 3 N–H and O–H groups in total. The van der Waals surface area contributed by atoms with Crippen LogP contribution in [0, 0.1) is 5.92 Å². The smallest absolute Gasteiger partial charge is 0.237 e. The second kappa shape index (κ2) is 7.10. The van der Waals surface area contributed by atoms with Crippen molar-refractivity contribution in [3.05, 3.63) is 0 Å². The van der Waals surface area contributed by atoms with Crippen LogP contribution in [0.15, 0.2) is 0 Å². The maximum atomic E-state index is 11.9. The van der Waals surface area contributed by atoms with Gasteiger partial charge in [0.2, 0.25) is 5.91 Å². The molecule has 0 radical (unpaired) electrons. The molecule has 2 unspecified atom stereocenters. The topological polar surface area (TPSA) is 58.4 Å². The SMILES string of the molecule is CNC1(C(N)=O)CCC(N(CCC(C)C)C2CCCC2)C1. The van der Waals surface area contributed by atoms with Gasteiger partial charge in [-0.3, -0.25) is 9.69 Å². The van der Waals surface area contributed by atoms with Crippen molar-refractivity contribution in [1.29, 1.82) is 0 Å². The Labute approximate surface area is 129 Å².